The molecule has 21 heavy (non-hydrogen) atoms. The Morgan fingerprint density at radius 1 is 1.33 bits per heavy atom. The summed E-state index contributed by atoms with van der Waals surface area (Å²) in [6.45, 7) is 1.69. The van der Waals surface area contributed by atoms with Crippen molar-refractivity contribution in [1.82, 2.24) is 0 Å². The second kappa shape index (κ2) is 6.57. The number of hydrogen-bond acceptors (Lipinski definition) is 3. The lowest BCUT2D eigenvalue weighted by molar-refractivity contribution is -0.137. The van der Waals surface area contributed by atoms with Crippen molar-refractivity contribution >= 4 is 17.6 Å². The molecule has 0 aromatic heterocycles. The quantitative estimate of drug-likeness (QED) is 0.779. The summed E-state index contributed by atoms with van der Waals surface area (Å²) in [5, 5.41) is 11.1. The molecule has 0 aliphatic heterocycles. The topological polar surface area (TPSA) is 92.4 Å². The van der Waals surface area contributed by atoms with Crippen molar-refractivity contribution < 1.29 is 27.9 Å². The molecule has 0 saturated carbocycles. The maximum atomic E-state index is 12.7. The summed E-state index contributed by atoms with van der Waals surface area (Å²) in [5.74, 6) is -2.03. The van der Waals surface area contributed by atoms with Crippen LogP contribution in [0.15, 0.2) is 18.2 Å². The minimum absolute atomic E-state index is 0.0380. The number of carboxylic acids is 1. The molecule has 5 nitrogen and oxygen atoms in total. The average Bonchev–Trinajstić information content (AvgIpc) is 2.34. The second-order valence-corrected chi connectivity index (χ2v) is 4.67. The zero-order valence-corrected chi connectivity index (χ0v) is 11.2. The molecule has 0 fully saturated rings. The number of nitrogens with two attached hydrogens (primary N) is 1. The van der Waals surface area contributed by atoms with E-state index in [0.717, 1.165) is 6.07 Å². The van der Waals surface area contributed by atoms with E-state index in [4.69, 9.17) is 10.8 Å². The van der Waals surface area contributed by atoms with Crippen LogP contribution >= 0.6 is 0 Å². The van der Waals surface area contributed by atoms with Gasteiger partial charge in [-0.25, -0.2) is 4.79 Å². The van der Waals surface area contributed by atoms with E-state index < -0.39 is 29.2 Å². The lowest BCUT2D eigenvalue weighted by Crippen LogP contribution is -2.20. The van der Waals surface area contributed by atoms with Crippen molar-refractivity contribution in [2.75, 3.05) is 5.32 Å². The largest absolute Gasteiger partial charge is 0.478 e. The molecule has 0 bridgehead atoms. The number of carbonyl (C=O) groups is 2. The smallest absolute Gasteiger partial charge is 0.416 e. The van der Waals surface area contributed by atoms with Gasteiger partial charge in [0, 0.05) is 18.2 Å². The van der Waals surface area contributed by atoms with E-state index in [1.54, 1.807) is 6.92 Å². The molecule has 116 valence electrons. The highest BCUT2D eigenvalue weighted by Crippen LogP contribution is 2.32. The third-order valence-electron chi connectivity index (χ3n) is 2.62. The van der Waals surface area contributed by atoms with Crippen LogP contribution in [0.4, 0.5) is 18.9 Å². The number of hydrogen-bond donors (Lipinski definition) is 3. The number of benzene rings is 1. The fourth-order valence-electron chi connectivity index (χ4n) is 1.57. The van der Waals surface area contributed by atoms with Gasteiger partial charge < -0.3 is 16.2 Å². The summed E-state index contributed by atoms with van der Waals surface area (Å²) >= 11 is 0. The third-order valence-corrected chi connectivity index (χ3v) is 2.62. The van der Waals surface area contributed by atoms with E-state index in [-0.39, 0.29) is 18.2 Å². The van der Waals surface area contributed by atoms with Crippen molar-refractivity contribution in [3.8, 4) is 0 Å². The van der Waals surface area contributed by atoms with Gasteiger partial charge in [0.25, 0.3) is 0 Å². The molecule has 0 aliphatic rings. The van der Waals surface area contributed by atoms with E-state index in [9.17, 15) is 22.8 Å². The number of amides is 1. The Kier molecular flexibility index (Phi) is 5.31. The van der Waals surface area contributed by atoms with Gasteiger partial charge in [0.05, 0.1) is 11.1 Å². The van der Waals surface area contributed by atoms with Crippen molar-refractivity contribution in [2.45, 2.75) is 32.0 Å². The van der Waals surface area contributed by atoms with Crippen molar-refractivity contribution in [3.63, 3.8) is 0 Å². The first-order valence-corrected chi connectivity index (χ1v) is 6.10. The van der Waals surface area contributed by atoms with Crippen molar-refractivity contribution in [1.29, 1.82) is 0 Å². The highest BCUT2D eigenvalue weighted by atomic mass is 19.4. The maximum Gasteiger partial charge on any atom is 0.416 e. The zero-order valence-electron chi connectivity index (χ0n) is 11.2. The lowest BCUT2D eigenvalue weighted by Gasteiger charge is -2.12. The van der Waals surface area contributed by atoms with Crippen LogP contribution in [0.2, 0.25) is 0 Å². The van der Waals surface area contributed by atoms with Crippen LogP contribution in [0.5, 0.6) is 0 Å². The Bertz CT molecular complexity index is 542. The second-order valence-electron chi connectivity index (χ2n) is 4.67. The maximum absolute atomic E-state index is 12.7. The molecule has 1 unspecified atom stereocenters. The van der Waals surface area contributed by atoms with Gasteiger partial charge in [-0.2, -0.15) is 13.2 Å². The van der Waals surface area contributed by atoms with Gasteiger partial charge >= 0.3 is 12.1 Å². The van der Waals surface area contributed by atoms with Gasteiger partial charge in [-0.1, -0.05) is 0 Å². The first-order valence-electron chi connectivity index (χ1n) is 6.10. The first-order chi connectivity index (χ1) is 9.59. The molecule has 0 saturated heterocycles. The zero-order chi connectivity index (χ0) is 16.2. The Balaban J connectivity index is 2.98. The molecule has 8 heteroatoms. The first kappa shape index (κ1) is 17.0. The SMILES string of the molecule is CC(N)CCC(=O)Nc1cc(C(=O)O)cc(C(F)(F)F)c1. The van der Waals surface area contributed by atoms with Crippen molar-refractivity contribution in [2.24, 2.45) is 5.73 Å². The number of rotatable bonds is 5. The van der Waals surface area contributed by atoms with Gasteiger partial charge in [0.1, 0.15) is 0 Å². The third kappa shape index (κ3) is 5.42. The minimum Gasteiger partial charge on any atom is -0.478 e. The van der Waals surface area contributed by atoms with Crippen LogP contribution in [0.25, 0.3) is 0 Å². The van der Waals surface area contributed by atoms with E-state index in [2.05, 4.69) is 5.32 Å². The molecule has 0 heterocycles. The van der Waals surface area contributed by atoms with E-state index in [0.29, 0.717) is 18.6 Å². The molecule has 0 aliphatic carbocycles. The van der Waals surface area contributed by atoms with E-state index in [1.165, 1.54) is 0 Å². The van der Waals surface area contributed by atoms with E-state index >= 15 is 0 Å². The van der Waals surface area contributed by atoms with E-state index in [1.807, 2.05) is 0 Å². The predicted octanol–water partition coefficient (Wildman–Crippen LogP) is 2.47. The van der Waals surface area contributed by atoms with Gasteiger partial charge in [0.2, 0.25) is 5.91 Å². The molecule has 1 aromatic carbocycles. The molecular weight excluding hydrogens is 289 g/mol. The fraction of sp³-hybridized carbons (Fsp3) is 0.385. The highest BCUT2D eigenvalue weighted by Gasteiger charge is 2.32. The molecule has 0 spiro atoms. The fourth-order valence-corrected chi connectivity index (χ4v) is 1.57. The summed E-state index contributed by atoms with van der Waals surface area (Å²) < 4.78 is 38.0. The number of alkyl halides is 3. The van der Waals surface area contributed by atoms with Crippen LogP contribution < -0.4 is 11.1 Å². The number of carboxylic acid groups (broad SMARTS) is 1. The standard InChI is InChI=1S/C13H15F3N2O3/c1-7(17)2-3-11(19)18-10-5-8(12(20)21)4-9(6-10)13(14,15)16/h4-7H,2-3,17H2,1H3,(H,18,19)(H,20,21). The monoisotopic (exact) mass is 304 g/mol. The molecule has 1 amide bonds. The summed E-state index contributed by atoms with van der Waals surface area (Å²) in [6.07, 6.45) is -4.29. The highest BCUT2D eigenvalue weighted by molar-refractivity contribution is 5.94. The Labute approximate surface area is 118 Å². The summed E-state index contributed by atoms with van der Waals surface area (Å²) in [5.41, 5.74) is 3.58. The summed E-state index contributed by atoms with van der Waals surface area (Å²) in [4.78, 5) is 22.4. The summed E-state index contributed by atoms with van der Waals surface area (Å²) in [7, 11) is 0. The van der Waals surface area contributed by atoms with Gasteiger partial charge in [-0.15, -0.1) is 0 Å². The number of nitrogens with one attached hydrogen (secondary N) is 1. The Morgan fingerprint density at radius 3 is 2.43 bits per heavy atom. The Hall–Kier alpha value is -2.09. The van der Waals surface area contributed by atoms with Crippen LogP contribution in [0.3, 0.4) is 0 Å². The molecule has 1 atom stereocenters. The normalized spacial score (nSPS) is 12.8. The van der Waals surface area contributed by atoms with Gasteiger partial charge in [-0.05, 0) is 31.5 Å². The van der Waals surface area contributed by atoms with Crippen LogP contribution in [0.1, 0.15) is 35.7 Å². The minimum atomic E-state index is -4.70. The molecule has 1 rings (SSSR count). The molecular formula is C13H15F3N2O3. The van der Waals surface area contributed by atoms with Crippen LogP contribution in [-0.2, 0) is 11.0 Å². The van der Waals surface area contributed by atoms with Gasteiger partial charge in [0.15, 0.2) is 0 Å². The molecule has 1 aromatic rings. The number of aromatic carboxylic acids is 1. The number of carbonyl (C=O) groups excluding carboxylic acids is 1. The lowest BCUT2D eigenvalue weighted by atomic mass is 10.1. The Morgan fingerprint density at radius 2 is 1.95 bits per heavy atom. The molecule has 4 N–H and O–H groups in total. The number of halogens is 3. The van der Waals surface area contributed by atoms with Crippen LogP contribution in [-0.4, -0.2) is 23.0 Å². The predicted molar refractivity (Wildman–Crippen MR) is 69.9 cm³/mol. The van der Waals surface area contributed by atoms with Crippen molar-refractivity contribution in [3.05, 3.63) is 29.3 Å². The van der Waals surface area contributed by atoms with Gasteiger partial charge in [-0.3, -0.25) is 4.79 Å². The summed E-state index contributed by atoms with van der Waals surface area (Å²) in [6, 6.07) is 1.96. The van der Waals surface area contributed by atoms with Crippen LogP contribution in [0, 0.1) is 0 Å². The average molecular weight is 304 g/mol. The number of anilines is 1. The molecule has 0 radical (unpaired) electrons.